The van der Waals surface area contributed by atoms with Crippen molar-refractivity contribution in [1.82, 2.24) is 5.16 Å². The predicted octanol–water partition coefficient (Wildman–Crippen LogP) is 2.24. The monoisotopic (exact) mass is 407 g/mol. The van der Waals surface area contributed by atoms with Gasteiger partial charge in [-0.05, 0) is 38.1 Å². The van der Waals surface area contributed by atoms with Gasteiger partial charge in [-0.2, -0.15) is 0 Å². The maximum atomic E-state index is 11.8. The number of amides is 2. The highest BCUT2D eigenvalue weighted by molar-refractivity contribution is 8.00. The first-order chi connectivity index (χ1) is 13.5. The highest BCUT2D eigenvalue weighted by Crippen LogP contribution is 2.15. The second-order valence-corrected chi connectivity index (χ2v) is 6.52. The Labute approximate surface area is 166 Å². The van der Waals surface area contributed by atoms with Crippen molar-refractivity contribution in [3.05, 3.63) is 36.1 Å². The molecule has 0 fully saturated rings. The highest BCUT2D eigenvalue weighted by atomic mass is 32.2. The summed E-state index contributed by atoms with van der Waals surface area (Å²) in [5.41, 5.74) is 0.568. The van der Waals surface area contributed by atoms with Crippen LogP contribution in [0.3, 0.4) is 0 Å². The zero-order valence-corrected chi connectivity index (χ0v) is 16.3. The number of anilines is 2. The van der Waals surface area contributed by atoms with Gasteiger partial charge < -0.3 is 24.6 Å². The summed E-state index contributed by atoms with van der Waals surface area (Å²) in [6.45, 7) is 3.74. The van der Waals surface area contributed by atoms with Crippen LogP contribution in [0.4, 0.5) is 11.5 Å². The number of nitrogens with one attached hydrogen (secondary N) is 2. The van der Waals surface area contributed by atoms with Crippen LogP contribution in [0.15, 0.2) is 34.9 Å². The predicted molar refractivity (Wildman–Crippen MR) is 104 cm³/mol. The van der Waals surface area contributed by atoms with Crippen LogP contribution >= 0.6 is 11.8 Å². The van der Waals surface area contributed by atoms with E-state index in [0.29, 0.717) is 29.6 Å². The number of hydrogen-bond acceptors (Lipinski definition) is 8. The third-order valence-electron chi connectivity index (χ3n) is 3.16. The fourth-order valence-electron chi connectivity index (χ4n) is 2.02. The number of carbonyl (C=O) groups is 3. The Hall–Kier alpha value is -3.01. The van der Waals surface area contributed by atoms with Crippen LogP contribution < -0.4 is 15.4 Å². The summed E-state index contributed by atoms with van der Waals surface area (Å²) < 4.78 is 15.0. The SMILES string of the molecule is CCOc1ccc(NC(=O)COC(=O)CSCC(=O)Nc2cc(C)on2)cc1. The lowest BCUT2D eigenvalue weighted by Gasteiger charge is -2.08. The normalized spacial score (nSPS) is 10.2. The van der Waals surface area contributed by atoms with Gasteiger partial charge in [-0.25, -0.2) is 0 Å². The molecule has 0 spiro atoms. The zero-order valence-electron chi connectivity index (χ0n) is 15.5. The van der Waals surface area contributed by atoms with Crippen molar-refractivity contribution < 1.29 is 28.4 Å². The van der Waals surface area contributed by atoms with Gasteiger partial charge in [-0.3, -0.25) is 14.4 Å². The van der Waals surface area contributed by atoms with E-state index in [9.17, 15) is 14.4 Å². The van der Waals surface area contributed by atoms with E-state index in [-0.39, 0.29) is 17.4 Å². The van der Waals surface area contributed by atoms with Crippen LogP contribution in [0.1, 0.15) is 12.7 Å². The number of carbonyl (C=O) groups excluding carboxylic acids is 3. The highest BCUT2D eigenvalue weighted by Gasteiger charge is 2.11. The molecule has 2 amide bonds. The summed E-state index contributed by atoms with van der Waals surface area (Å²) in [5.74, 6) is 0.220. The lowest BCUT2D eigenvalue weighted by molar-refractivity contribution is -0.144. The topological polar surface area (TPSA) is 120 Å². The molecule has 0 aliphatic rings. The minimum Gasteiger partial charge on any atom is -0.494 e. The Kier molecular flexibility index (Phi) is 8.35. The summed E-state index contributed by atoms with van der Waals surface area (Å²) in [6, 6.07) is 8.42. The molecule has 2 rings (SSSR count). The van der Waals surface area contributed by atoms with E-state index in [0.717, 1.165) is 11.8 Å². The minimum absolute atomic E-state index is 0.0411. The molecule has 9 nitrogen and oxygen atoms in total. The molecular weight excluding hydrogens is 386 g/mol. The first-order valence-electron chi connectivity index (χ1n) is 8.45. The molecule has 0 aliphatic carbocycles. The van der Waals surface area contributed by atoms with Gasteiger partial charge in [0.05, 0.1) is 18.1 Å². The molecule has 28 heavy (non-hydrogen) atoms. The maximum Gasteiger partial charge on any atom is 0.316 e. The van der Waals surface area contributed by atoms with E-state index in [1.165, 1.54) is 0 Å². The largest absolute Gasteiger partial charge is 0.494 e. The molecule has 1 aromatic carbocycles. The Bertz CT molecular complexity index is 806. The minimum atomic E-state index is -0.586. The third-order valence-corrected chi connectivity index (χ3v) is 4.07. The van der Waals surface area contributed by atoms with Crippen molar-refractivity contribution in [2.24, 2.45) is 0 Å². The van der Waals surface area contributed by atoms with Crippen LogP contribution in [0, 0.1) is 6.92 Å². The van der Waals surface area contributed by atoms with Gasteiger partial charge >= 0.3 is 5.97 Å². The molecule has 0 saturated carbocycles. The molecule has 1 aromatic heterocycles. The number of aryl methyl sites for hydroxylation is 1. The van der Waals surface area contributed by atoms with Gasteiger partial charge in [-0.15, -0.1) is 11.8 Å². The molecule has 150 valence electrons. The fourth-order valence-corrected chi connectivity index (χ4v) is 2.63. The van der Waals surface area contributed by atoms with Gasteiger partial charge in [0, 0.05) is 11.8 Å². The molecule has 0 bridgehead atoms. The number of rotatable bonds is 10. The van der Waals surface area contributed by atoms with Crippen molar-refractivity contribution in [3.63, 3.8) is 0 Å². The van der Waals surface area contributed by atoms with E-state index in [2.05, 4.69) is 15.8 Å². The number of ether oxygens (including phenoxy) is 2. The van der Waals surface area contributed by atoms with E-state index >= 15 is 0 Å². The summed E-state index contributed by atoms with van der Waals surface area (Å²) in [6.07, 6.45) is 0. The van der Waals surface area contributed by atoms with Gasteiger partial charge in [0.15, 0.2) is 12.4 Å². The standard InChI is InChI=1S/C18H21N3O6S/c1-3-25-14-6-4-13(5-7-14)19-16(22)9-26-18(24)11-28-10-17(23)20-15-8-12(2)27-21-15/h4-8H,3,9-11H2,1-2H3,(H,19,22)(H,20,21,23). The quantitative estimate of drug-likeness (QED) is 0.576. The smallest absolute Gasteiger partial charge is 0.316 e. The van der Waals surface area contributed by atoms with Crippen molar-refractivity contribution >= 4 is 41.1 Å². The van der Waals surface area contributed by atoms with E-state index in [1.807, 2.05) is 6.92 Å². The Morgan fingerprint density at radius 1 is 1.11 bits per heavy atom. The first kappa shape index (κ1) is 21.3. The molecule has 0 saturated heterocycles. The summed E-state index contributed by atoms with van der Waals surface area (Å²) in [5, 5.41) is 8.78. The molecule has 0 radical (unpaired) electrons. The number of esters is 1. The summed E-state index contributed by atoms with van der Waals surface area (Å²) in [4.78, 5) is 35.2. The third kappa shape index (κ3) is 7.70. The number of nitrogens with zero attached hydrogens (tertiary/aromatic N) is 1. The first-order valence-corrected chi connectivity index (χ1v) is 9.61. The number of aromatic nitrogens is 1. The lowest BCUT2D eigenvalue weighted by Crippen LogP contribution is -2.22. The van der Waals surface area contributed by atoms with Gasteiger partial charge in [0.25, 0.3) is 5.91 Å². The van der Waals surface area contributed by atoms with E-state index < -0.39 is 18.5 Å². The molecule has 10 heteroatoms. The summed E-state index contributed by atoms with van der Waals surface area (Å²) >= 11 is 1.07. The zero-order chi connectivity index (χ0) is 20.4. The van der Waals surface area contributed by atoms with Crippen molar-refractivity contribution in [2.45, 2.75) is 13.8 Å². The van der Waals surface area contributed by atoms with Crippen LogP contribution in [0.5, 0.6) is 5.75 Å². The number of thioether (sulfide) groups is 1. The van der Waals surface area contributed by atoms with Crippen LogP contribution in [0.2, 0.25) is 0 Å². The van der Waals surface area contributed by atoms with Crippen molar-refractivity contribution in [2.75, 3.05) is 35.4 Å². The van der Waals surface area contributed by atoms with Gasteiger partial charge in [0.2, 0.25) is 5.91 Å². The fraction of sp³-hybridized carbons (Fsp3) is 0.333. The molecular formula is C18H21N3O6S. The molecule has 1 heterocycles. The Morgan fingerprint density at radius 2 is 1.86 bits per heavy atom. The Balaban J connectivity index is 1.60. The molecule has 0 atom stereocenters. The van der Waals surface area contributed by atoms with E-state index in [1.54, 1.807) is 37.3 Å². The van der Waals surface area contributed by atoms with Crippen LogP contribution in [-0.2, 0) is 19.1 Å². The second-order valence-electron chi connectivity index (χ2n) is 5.53. The molecule has 2 N–H and O–H groups in total. The molecule has 0 aliphatic heterocycles. The van der Waals surface area contributed by atoms with E-state index in [4.69, 9.17) is 14.0 Å². The molecule has 2 aromatic rings. The van der Waals surface area contributed by atoms with Crippen LogP contribution in [0.25, 0.3) is 0 Å². The second kappa shape index (κ2) is 11.0. The maximum absolute atomic E-state index is 11.8. The van der Waals surface area contributed by atoms with Gasteiger partial charge in [0.1, 0.15) is 11.5 Å². The number of hydrogen-bond donors (Lipinski definition) is 2. The lowest BCUT2D eigenvalue weighted by atomic mass is 10.3. The summed E-state index contributed by atoms with van der Waals surface area (Å²) in [7, 11) is 0. The Morgan fingerprint density at radius 3 is 2.50 bits per heavy atom. The molecule has 0 unspecified atom stereocenters. The van der Waals surface area contributed by atoms with Crippen LogP contribution in [-0.4, -0.2) is 47.7 Å². The average Bonchev–Trinajstić information content (AvgIpc) is 3.06. The van der Waals surface area contributed by atoms with Gasteiger partial charge in [-0.1, -0.05) is 5.16 Å². The number of benzene rings is 1. The van der Waals surface area contributed by atoms with Crippen molar-refractivity contribution in [3.8, 4) is 5.75 Å². The van der Waals surface area contributed by atoms with Crippen molar-refractivity contribution in [1.29, 1.82) is 0 Å². The average molecular weight is 407 g/mol.